The minimum Gasteiger partial charge on any atom is -0.381 e. The third-order valence-electron chi connectivity index (χ3n) is 4.70. The van der Waals surface area contributed by atoms with Crippen LogP contribution in [0.25, 0.3) is 0 Å². The average Bonchev–Trinajstić information content (AvgIpc) is 3.11. The molecule has 3 nitrogen and oxygen atoms in total. The second-order valence-electron chi connectivity index (χ2n) is 6.05. The van der Waals surface area contributed by atoms with Gasteiger partial charge in [-0.1, -0.05) is 0 Å². The van der Waals surface area contributed by atoms with Crippen LogP contribution in [0.3, 0.4) is 0 Å². The summed E-state index contributed by atoms with van der Waals surface area (Å²) in [6, 6.07) is 11.1. The zero-order chi connectivity index (χ0) is 14.8. The summed E-state index contributed by atoms with van der Waals surface area (Å²) in [5, 5.41) is 3.53. The maximum atomic E-state index is 3.53. The van der Waals surface area contributed by atoms with Crippen LogP contribution in [0.5, 0.6) is 0 Å². The van der Waals surface area contributed by atoms with Crippen LogP contribution in [-0.4, -0.2) is 17.7 Å². The number of hydrogen-bond acceptors (Lipinski definition) is 2. The highest BCUT2D eigenvalue weighted by Crippen LogP contribution is 2.22. The normalized spacial score (nSPS) is 14.7. The Hall–Kier alpha value is -1.90. The van der Waals surface area contributed by atoms with E-state index < -0.39 is 0 Å². The van der Waals surface area contributed by atoms with Crippen molar-refractivity contribution in [2.45, 2.75) is 33.2 Å². The van der Waals surface area contributed by atoms with Crippen LogP contribution >= 0.6 is 0 Å². The topological polar surface area (TPSA) is 20.2 Å². The van der Waals surface area contributed by atoms with Gasteiger partial charge < -0.3 is 14.8 Å². The van der Waals surface area contributed by atoms with E-state index in [9.17, 15) is 0 Å². The van der Waals surface area contributed by atoms with Gasteiger partial charge in [0.1, 0.15) is 0 Å². The molecule has 0 spiro atoms. The van der Waals surface area contributed by atoms with Crippen LogP contribution in [0.1, 0.15) is 29.8 Å². The molecule has 0 bridgehead atoms. The molecule has 21 heavy (non-hydrogen) atoms. The van der Waals surface area contributed by atoms with E-state index in [1.807, 2.05) is 0 Å². The van der Waals surface area contributed by atoms with Crippen molar-refractivity contribution in [2.24, 2.45) is 7.05 Å². The molecular formula is C18H25N3. The van der Waals surface area contributed by atoms with Crippen LogP contribution in [0.15, 0.2) is 30.3 Å². The van der Waals surface area contributed by atoms with Crippen LogP contribution in [0.4, 0.5) is 11.4 Å². The Morgan fingerprint density at radius 3 is 2.29 bits per heavy atom. The average molecular weight is 283 g/mol. The summed E-state index contributed by atoms with van der Waals surface area (Å²) in [5.74, 6) is 0. The molecule has 0 atom stereocenters. The molecular weight excluding hydrogens is 258 g/mol. The van der Waals surface area contributed by atoms with Crippen molar-refractivity contribution in [1.29, 1.82) is 0 Å². The van der Waals surface area contributed by atoms with Gasteiger partial charge in [0.2, 0.25) is 0 Å². The lowest BCUT2D eigenvalue weighted by Crippen LogP contribution is -2.17. The van der Waals surface area contributed by atoms with Gasteiger partial charge in [0.25, 0.3) is 0 Å². The lowest BCUT2D eigenvalue weighted by Gasteiger charge is -2.18. The molecule has 3 heteroatoms. The van der Waals surface area contributed by atoms with Crippen LogP contribution in [0.2, 0.25) is 0 Å². The first-order valence-corrected chi connectivity index (χ1v) is 7.86. The maximum Gasteiger partial charge on any atom is 0.0418 e. The molecule has 0 unspecified atom stereocenters. The molecule has 1 saturated heterocycles. The molecule has 1 aliphatic rings. The third-order valence-corrected chi connectivity index (χ3v) is 4.70. The van der Waals surface area contributed by atoms with E-state index in [1.54, 1.807) is 0 Å². The van der Waals surface area contributed by atoms with E-state index in [2.05, 4.69) is 66.0 Å². The largest absolute Gasteiger partial charge is 0.381 e. The molecule has 2 aromatic rings. The molecule has 0 amide bonds. The number of benzene rings is 1. The standard InChI is InChI=1S/C18H25N3/c1-14-12-16(15(2)20(14)3)13-19-17-6-8-18(9-7-17)21-10-4-5-11-21/h6-9,12,19H,4-5,10-11,13H2,1-3H3. The third kappa shape index (κ3) is 2.92. The van der Waals surface area contributed by atoms with Gasteiger partial charge in [-0.3, -0.25) is 0 Å². The van der Waals surface area contributed by atoms with Crippen molar-refractivity contribution in [3.63, 3.8) is 0 Å². The molecule has 112 valence electrons. The van der Waals surface area contributed by atoms with Crippen LogP contribution in [-0.2, 0) is 13.6 Å². The SMILES string of the molecule is Cc1cc(CNc2ccc(N3CCCC3)cc2)c(C)n1C. The number of nitrogens with zero attached hydrogens (tertiary/aromatic N) is 2. The number of anilines is 2. The Kier molecular flexibility index (Phi) is 3.91. The molecule has 1 fully saturated rings. The number of nitrogens with one attached hydrogen (secondary N) is 1. The summed E-state index contributed by atoms with van der Waals surface area (Å²) in [5.41, 5.74) is 6.57. The molecule has 1 aromatic heterocycles. The fourth-order valence-corrected chi connectivity index (χ4v) is 3.08. The minimum atomic E-state index is 0.885. The molecule has 1 aliphatic heterocycles. The number of aromatic nitrogens is 1. The maximum absolute atomic E-state index is 3.53. The lowest BCUT2D eigenvalue weighted by atomic mass is 10.2. The van der Waals surface area contributed by atoms with E-state index in [0.717, 1.165) is 6.54 Å². The Morgan fingerprint density at radius 2 is 1.71 bits per heavy atom. The lowest BCUT2D eigenvalue weighted by molar-refractivity contribution is 0.837. The summed E-state index contributed by atoms with van der Waals surface area (Å²) in [4.78, 5) is 2.47. The van der Waals surface area contributed by atoms with Crippen molar-refractivity contribution in [3.8, 4) is 0 Å². The predicted molar refractivity (Wildman–Crippen MR) is 90.1 cm³/mol. The summed E-state index contributed by atoms with van der Waals surface area (Å²) < 4.78 is 2.24. The van der Waals surface area contributed by atoms with E-state index in [-0.39, 0.29) is 0 Å². The highest BCUT2D eigenvalue weighted by atomic mass is 15.1. The smallest absolute Gasteiger partial charge is 0.0418 e. The van der Waals surface area contributed by atoms with Crippen molar-refractivity contribution in [3.05, 3.63) is 47.3 Å². The van der Waals surface area contributed by atoms with Crippen LogP contribution < -0.4 is 10.2 Å². The van der Waals surface area contributed by atoms with Crippen molar-refractivity contribution < 1.29 is 0 Å². The van der Waals surface area contributed by atoms with E-state index in [0.29, 0.717) is 0 Å². The zero-order valence-electron chi connectivity index (χ0n) is 13.3. The fraction of sp³-hybridized carbons (Fsp3) is 0.444. The van der Waals surface area contributed by atoms with Crippen molar-refractivity contribution >= 4 is 11.4 Å². The highest BCUT2D eigenvalue weighted by Gasteiger charge is 2.11. The Morgan fingerprint density at radius 1 is 1.05 bits per heavy atom. The molecule has 0 aliphatic carbocycles. The zero-order valence-corrected chi connectivity index (χ0v) is 13.3. The fourth-order valence-electron chi connectivity index (χ4n) is 3.08. The molecule has 0 radical (unpaired) electrons. The van der Waals surface area contributed by atoms with Gasteiger partial charge in [-0.15, -0.1) is 0 Å². The Labute approximate surface area is 127 Å². The summed E-state index contributed by atoms with van der Waals surface area (Å²) in [6.45, 7) is 7.63. The summed E-state index contributed by atoms with van der Waals surface area (Å²) >= 11 is 0. The van der Waals surface area contributed by atoms with E-state index in [1.165, 1.54) is 54.3 Å². The first kappa shape index (κ1) is 14.1. The van der Waals surface area contributed by atoms with Gasteiger partial charge in [0, 0.05) is 49.4 Å². The monoisotopic (exact) mass is 283 g/mol. The molecule has 0 saturated carbocycles. The van der Waals surface area contributed by atoms with Gasteiger partial charge in [-0.05, 0) is 62.6 Å². The molecule has 1 N–H and O–H groups in total. The number of rotatable bonds is 4. The van der Waals surface area contributed by atoms with Gasteiger partial charge in [0.15, 0.2) is 0 Å². The van der Waals surface area contributed by atoms with Gasteiger partial charge in [-0.2, -0.15) is 0 Å². The second-order valence-corrected chi connectivity index (χ2v) is 6.05. The predicted octanol–water partition coefficient (Wildman–Crippen LogP) is 3.85. The van der Waals surface area contributed by atoms with E-state index in [4.69, 9.17) is 0 Å². The Bertz CT molecular complexity index is 604. The van der Waals surface area contributed by atoms with Crippen molar-refractivity contribution in [1.82, 2.24) is 4.57 Å². The number of aryl methyl sites for hydroxylation is 1. The minimum absolute atomic E-state index is 0.885. The highest BCUT2D eigenvalue weighted by molar-refractivity contribution is 5.55. The van der Waals surface area contributed by atoms with Gasteiger partial charge >= 0.3 is 0 Å². The first-order valence-electron chi connectivity index (χ1n) is 7.86. The summed E-state index contributed by atoms with van der Waals surface area (Å²) in [7, 11) is 2.12. The number of hydrogen-bond donors (Lipinski definition) is 1. The van der Waals surface area contributed by atoms with Gasteiger partial charge in [-0.25, -0.2) is 0 Å². The van der Waals surface area contributed by atoms with Crippen molar-refractivity contribution in [2.75, 3.05) is 23.3 Å². The quantitative estimate of drug-likeness (QED) is 0.919. The summed E-state index contributed by atoms with van der Waals surface area (Å²) in [6.07, 6.45) is 2.65. The van der Waals surface area contributed by atoms with Gasteiger partial charge in [0.05, 0.1) is 0 Å². The molecule has 2 heterocycles. The Balaban J connectivity index is 1.63. The molecule has 1 aromatic carbocycles. The second kappa shape index (κ2) is 5.84. The molecule has 3 rings (SSSR count). The first-order chi connectivity index (χ1) is 10.1. The van der Waals surface area contributed by atoms with Crippen LogP contribution in [0, 0.1) is 13.8 Å². The van der Waals surface area contributed by atoms with E-state index >= 15 is 0 Å².